The van der Waals surface area contributed by atoms with Crippen molar-refractivity contribution < 1.29 is 41.7 Å². The number of ether oxygens (including phenoxy) is 1. The zero-order chi connectivity index (χ0) is 24.1. The number of nitrogens with one attached hydrogen (secondary N) is 2. The van der Waals surface area contributed by atoms with Crippen LogP contribution in [-0.2, 0) is 39.1 Å². The van der Waals surface area contributed by atoms with Crippen molar-refractivity contribution in [2.24, 2.45) is 5.16 Å². The first-order valence-electron chi connectivity index (χ1n) is 8.29. The Morgan fingerprint density at radius 2 is 2.00 bits per heavy atom. The number of nitrogens with zero attached hydrogens (tertiary/aromatic N) is 3. The Morgan fingerprint density at radius 1 is 1.33 bits per heavy atom. The van der Waals surface area contributed by atoms with E-state index in [9.17, 15) is 32.1 Å². The average Bonchev–Trinajstić information content (AvgIpc) is 3.19. The van der Waals surface area contributed by atoms with Gasteiger partial charge in [-0.1, -0.05) is 5.16 Å². The van der Waals surface area contributed by atoms with Crippen LogP contribution in [0.5, 0.6) is 0 Å². The molecule has 178 valence electrons. The van der Waals surface area contributed by atoms with Crippen LogP contribution in [0.25, 0.3) is 0 Å². The summed E-state index contributed by atoms with van der Waals surface area (Å²) in [5, 5.41) is 9.59. The van der Waals surface area contributed by atoms with E-state index in [4.69, 9.17) is 27.9 Å². The number of thiazole rings is 1. The normalized spacial score (nSPS) is 18.0. The van der Waals surface area contributed by atoms with Crippen LogP contribution < -0.4 is 10.6 Å². The van der Waals surface area contributed by atoms with E-state index in [1.807, 2.05) is 0 Å². The van der Waals surface area contributed by atoms with Crippen molar-refractivity contribution in [1.29, 1.82) is 0 Å². The number of hydrogen-bond acceptors (Lipinski definition) is 11. The molecule has 14 nitrogen and oxygen atoms in total. The molecule has 2 heterocycles. The molecule has 1 fully saturated rings. The molecule has 0 spiro atoms. The number of amides is 3. The van der Waals surface area contributed by atoms with Crippen molar-refractivity contribution in [3.63, 3.8) is 0 Å². The van der Waals surface area contributed by atoms with Crippen LogP contribution in [0, 0.1) is 0 Å². The van der Waals surface area contributed by atoms with Gasteiger partial charge in [0.15, 0.2) is 10.8 Å². The van der Waals surface area contributed by atoms with Gasteiger partial charge in [0.25, 0.3) is 11.8 Å². The number of carbonyl (C=O) groups excluding carboxylic acids is 4. The second kappa shape index (κ2) is 12.8. The molecule has 2 atom stereocenters. The summed E-state index contributed by atoms with van der Waals surface area (Å²) in [5.41, 5.74) is -0.451. The van der Waals surface area contributed by atoms with E-state index in [0.29, 0.717) is 0 Å². The summed E-state index contributed by atoms with van der Waals surface area (Å²) in [6, 6.07) is -2.94. The van der Waals surface area contributed by atoms with E-state index in [-0.39, 0.29) is 50.6 Å². The van der Waals surface area contributed by atoms with E-state index >= 15 is 0 Å². The van der Waals surface area contributed by atoms with Gasteiger partial charge < -0.3 is 20.2 Å². The maximum atomic E-state index is 12.7. The van der Waals surface area contributed by atoms with Crippen molar-refractivity contribution in [1.82, 2.24) is 14.6 Å². The Bertz CT molecular complexity index is 1050. The van der Waals surface area contributed by atoms with Crippen molar-refractivity contribution in [2.45, 2.75) is 12.1 Å². The fourth-order valence-corrected chi connectivity index (χ4v) is 4.16. The molecule has 0 saturated carbocycles. The van der Waals surface area contributed by atoms with E-state index in [2.05, 4.69) is 25.6 Å². The van der Waals surface area contributed by atoms with E-state index in [0.717, 1.165) is 18.4 Å². The van der Waals surface area contributed by atoms with Crippen molar-refractivity contribution >= 4 is 109 Å². The van der Waals surface area contributed by atoms with Crippen LogP contribution in [0.2, 0.25) is 0 Å². The number of halogens is 2. The standard InChI is InChI=1S/C14H15Cl2N5O9S2.Na.H/c1-29-20-10(6-5-31-14(17-6)18-8(22)2-15)12(24)19-11-7(4-30-9(23)3-16)21(13(11)25)32(26,27)28;;/h5,7,11H,2-4H2,1H3,(H,19,24)(H,17,18,22)(H,26,27,28);;/b20-10-;;. The van der Waals surface area contributed by atoms with Crippen molar-refractivity contribution in [3.05, 3.63) is 11.1 Å². The van der Waals surface area contributed by atoms with Gasteiger partial charge in [-0.25, -0.2) is 9.29 Å². The Morgan fingerprint density at radius 3 is 2.55 bits per heavy atom. The minimum absolute atomic E-state index is 0. The summed E-state index contributed by atoms with van der Waals surface area (Å²) < 4.78 is 36.9. The predicted molar refractivity (Wildman–Crippen MR) is 118 cm³/mol. The van der Waals surface area contributed by atoms with E-state index < -0.39 is 64.3 Å². The SMILES string of the molecule is CO/N=C(\C(=O)NC1C(=O)N(S(=O)(=O)O)C1COC(=O)CCl)c1csc(NC(=O)CCl)n1.[NaH]. The molecular weight excluding hydrogens is 540 g/mol. The van der Waals surface area contributed by atoms with Crippen molar-refractivity contribution in [3.8, 4) is 0 Å². The molecule has 33 heavy (non-hydrogen) atoms. The number of aromatic nitrogens is 1. The van der Waals surface area contributed by atoms with Gasteiger partial charge in [0.05, 0.1) is 0 Å². The minimum atomic E-state index is -4.99. The summed E-state index contributed by atoms with van der Waals surface area (Å²) in [6.07, 6.45) is 0. The molecule has 2 rings (SSSR count). The van der Waals surface area contributed by atoms with Gasteiger partial charge >= 0.3 is 45.8 Å². The van der Waals surface area contributed by atoms with Crippen LogP contribution in [0.4, 0.5) is 5.13 Å². The third-order valence-corrected chi connectivity index (χ3v) is 5.91. The number of alkyl halides is 2. The first-order valence-corrected chi connectivity index (χ1v) is 11.6. The summed E-state index contributed by atoms with van der Waals surface area (Å²) >= 11 is 11.6. The summed E-state index contributed by atoms with van der Waals surface area (Å²) in [5.74, 6) is -4.50. The van der Waals surface area contributed by atoms with Crippen LogP contribution in [0.3, 0.4) is 0 Å². The molecule has 0 aromatic carbocycles. The molecule has 19 heteroatoms. The fraction of sp³-hybridized carbons (Fsp3) is 0.429. The maximum absolute atomic E-state index is 12.7. The number of β-lactam (4-membered cyclic amide) rings is 1. The Balaban J connectivity index is 0.00000544. The molecule has 1 aromatic heterocycles. The number of oxime groups is 1. The number of hydrogen-bond donors (Lipinski definition) is 3. The second-order valence-electron chi connectivity index (χ2n) is 5.79. The van der Waals surface area contributed by atoms with Gasteiger partial charge in [-0.3, -0.25) is 23.7 Å². The molecule has 1 aromatic rings. The van der Waals surface area contributed by atoms with Gasteiger partial charge in [-0.2, -0.15) is 8.42 Å². The van der Waals surface area contributed by atoms with Crippen LogP contribution in [0.1, 0.15) is 5.69 Å². The third kappa shape index (κ3) is 7.48. The van der Waals surface area contributed by atoms with Gasteiger partial charge in [0, 0.05) is 5.38 Å². The molecule has 3 amide bonds. The monoisotopic (exact) mass is 555 g/mol. The molecule has 2 unspecified atom stereocenters. The summed E-state index contributed by atoms with van der Waals surface area (Å²) in [4.78, 5) is 56.1. The Hall–Kier alpha value is -1.53. The van der Waals surface area contributed by atoms with Gasteiger partial charge in [-0.15, -0.1) is 34.5 Å². The third-order valence-electron chi connectivity index (χ3n) is 3.74. The molecule has 1 aliphatic rings. The molecule has 0 aliphatic carbocycles. The zero-order valence-corrected chi connectivity index (χ0v) is 19.1. The number of esters is 1. The predicted octanol–water partition coefficient (Wildman–Crippen LogP) is -1.70. The van der Waals surface area contributed by atoms with Crippen LogP contribution in [0.15, 0.2) is 10.5 Å². The first-order chi connectivity index (χ1) is 15.0. The molecule has 1 saturated heterocycles. The molecule has 0 radical (unpaired) electrons. The average molecular weight is 556 g/mol. The molecular formula is C14H16Cl2N5NaO9S2. The quantitative estimate of drug-likeness (QED) is 0.0569. The van der Waals surface area contributed by atoms with E-state index in [1.54, 1.807) is 0 Å². The fourth-order valence-electron chi connectivity index (χ4n) is 2.44. The number of carbonyl (C=O) groups is 4. The van der Waals surface area contributed by atoms with Gasteiger partial charge in [-0.05, 0) is 0 Å². The summed E-state index contributed by atoms with van der Waals surface area (Å²) in [7, 11) is -3.85. The van der Waals surface area contributed by atoms with Crippen LogP contribution >= 0.6 is 34.5 Å². The molecule has 3 N–H and O–H groups in total. The zero-order valence-electron chi connectivity index (χ0n) is 16.0. The summed E-state index contributed by atoms with van der Waals surface area (Å²) in [6.45, 7) is -0.676. The number of anilines is 1. The second-order valence-corrected chi connectivity index (χ2v) is 8.47. The Labute approximate surface area is 223 Å². The van der Waals surface area contributed by atoms with Gasteiger partial charge in [0.2, 0.25) is 5.91 Å². The van der Waals surface area contributed by atoms with Crippen molar-refractivity contribution in [2.75, 3.05) is 30.8 Å². The first kappa shape index (κ1) is 29.5. The Kier molecular flexibility index (Phi) is 11.4. The van der Waals surface area contributed by atoms with Crippen LogP contribution in [-0.4, -0.2) is 119 Å². The number of rotatable bonds is 10. The topological polar surface area (TPSA) is 194 Å². The van der Waals surface area contributed by atoms with Gasteiger partial charge in [0.1, 0.15) is 43.3 Å². The molecule has 0 bridgehead atoms. The van der Waals surface area contributed by atoms with E-state index in [1.165, 1.54) is 5.38 Å². The molecule has 1 aliphatic heterocycles.